The van der Waals surface area contributed by atoms with E-state index in [1.54, 1.807) is 23.1 Å². The quantitative estimate of drug-likeness (QED) is 0.158. The number of aliphatic hydroxyl groups is 1. The number of carbonyl (C=O) groups is 2. The van der Waals surface area contributed by atoms with Crippen LogP contribution >= 0.6 is 0 Å². The predicted molar refractivity (Wildman–Crippen MR) is 148 cm³/mol. The lowest BCUT2D eigenvalue weighted by atomic mass is 9.95. The van der Waals surface area contributed by atoms with Crippen molar-refractivity contribution in [2.75, 3.05) is 26.4 Å². The lowest BCUT2D eigenvalue weighted by Gasteiger charge is -2.26. The van der Waals surface area contributed by atoms with E-state index < -0.39 is 17.7 Å². The summed E-state index contributed by atoms with van der Waals surface area (Å²) < 4.78 is 17.1. The topological polar surface area (TPSA) is 85.3 Å². The van der Waals surface area contributed by atoms with Crippen LogP contribution in [0.5, 0.6) is 17.2 Å². The van der Waals surface area contributed by atoms with E-state index in [1.165, 1.54) is 0 Å². The molecule has 1 N–H and O–H groups in total. The number of hydrogen-bond acceptors (Lipinski definition) is 6. The molecule has 0 spiro atoms. The summed E-state index contributed by atoms with van der Waals surface area (Å²) in [5.41, 5.74) is 2.23. The van der Waals surface area contributed by atoms with Crippen molar-refractivity contribution in [3.8, 4) is 17.2 Å². The highest BCUT2D eigenvalue weighted by atomic mass is 16.6. The van der Waals surface area contributed by atoms with E-state index in [0.717, 1.165) is 36.1 Å². The van der Waals surface area contributed by atoms with E-state index in [-0.39, 0.29) is 11.3 Å². The first-order valence-electron chi connectivity index (χ1n) is 13.5. The third kappa shape index (κ3) is 5.77. The lowest BCUT2D eigenvalue weighted by Crippen LogP contribution is -2.31. The van der Waals surface area contributed by atoms with Gasteiger partial charge in [-0.3, -0.25) is 9.59 Å². The van der Waals surface area contributed by atoms with Gasteiger partial charge in [0.15, 0.2) is 11.5 Å². The zero-order valence-corrected chi connectivity index (χ0v) is 22.1. The molecule has 0 radical (unpaired) electrons. The summed E-state index contributed by atoms with van der Waals surface area (Å²) in [6, 6.07) is 21.5. The van der Waals surface area contributed by atoms with E-state index in [1.807, 2.05) is 54.6 Å². The Morgan fingerprint density at radius 2 is 1.69 bits per heavy atom. The van der Waals surface area contributed by atoms with E-state index in [9.17, 15) is 14.7 Å². The van der Waals surface area contributed by atoms with Crippen LogP contribution in [0.2, 0.25) is 0 Å². The van der Waals surface area contributed by atoms with Gasteiger partial charge in [-0.15, -0.1) is 0 Å². The molecule has 0 bridgehead atoms. The van der Waals surface area contributed by atoms with Gasteiger partial charge in [0.25, 0.3) is 11.7 Å². The highest BCUT2D eigenvalue weighted by Crippen LogP contribution is 2.41. The first kappa shape index (κ1) is 26.4. The molecular weight excluding hydrogens is 494 g/mol. The fourth-order valence-corrected chi connectivity index (χ4v) is 4.99. The van der Waals surface area contributed by atoms with E-state index >= 15 is 0 Å². The molecule has 7 nitrogen and oxygen atoms in total. The molecule has 2 aliphatic heterocycles. The molecule has 39 heavy (non-hydrogen) atoms. The van der Waals surface area contributed by atoms with E-state index in [0.29, 0.717) is 49.8 Å². The van der Waals surface area contributed by atoms with Crippen LogP contribution in [0.1, 0.15) is 48.9 Å². The molecule has 0 aliphatic carbocycles. The number of amides is 1. The summed E-state index contributed by atoms with van der Waals surface area (Å²) >= 11 is 0. The van der Waals surface area contributed by atoms with Crippen LogP contribution in [0.15, 0.2) is 78.4 Å². The zero-order valence-electron chi connectivity index (χ0n) is 22.1. The summed E-state index contributed by atoms with van der Waals surface area (Å²) in [7, 11) is 0. The minimum absolute atomic E-state index is 0.0568. The number of nitrogens with zero attached hydrogens (tertiary/aromatic N) is 1. The van der Waals surface area contributed by atoms with Gasteiger partial charge in [0.05, 0.1) is 18.2 Å². The van der Waals surface area contributed by atoms with Crippen LogP contribution in [-0.4, -0.2) is 48.1 Å². The number of likely N-dealkylation sites (tertiary alicyclic amines) is 1. The van der Waals surface area contributed by atoms with Gasteiger partial charge >= 0.3 is 0 Å². The second-order valence-corrected chi connectivity index (χ2v) is 9.71. The van der Waals surface area contributed by atoms with Crippen molar-refractivity contribution in [1.82, 2.24) is 4.90 Å². The second-order valence-electron chi connectivity index (χ2n) is 9.71. The highest BCUT2D eigenvalue weighted by molar-refractivity contribution is 6.46. The van der Waals surface area contributed by atoms with Crippen LogP contribution in [0.4, 0.5) is 0 Å². The number of unbranched alkanes of at least 4 members (excludes halogenated alkanes) is 2. The van der Waals surface area contributed by atoms with Crippen molar-refractivity contribution < 1.29 is 28.9 Å². The Morgan fingerprint density at radius 3 is 2.44 bits per heavy atom. The smallest absolute Gasteiger partial charge is 0.295 e. The SMILES string of the molecule is CCCCCOc1ccc([C@H]2/C(=C(\O)c3ccc4c(c3)OCCO4)C(=O)C(=O)N2CCc2ccccc2)cc1. The molecule has 3 aromatic carbocycles. The van der Waals surface area contributed by atoms with Crippen LogP contribution in [0.3, 0.4) is 0 Å². The highest BCUT2D eigenvalue weighted by Gasteiger charge is 2.46. The van der Waals surface area contributed by atoms with Gasteiger partial charge in [0.2, 0.25) is 0 Å². The average molecular weight is 528 g/mol. The van der Waals surface area contributed by atoms with Crippen LogP contribution in [0.25, 0.3) is 5.76 Å². The van der Waals surface area contributed by atoms with Crippen molar-refractivity contribution in [1.29, 1.82) is 0 Å². The number of carbonyl (C=O) groups excluding carboxylic acids is 2. The Bertz CT molecular complexity index is 1350. The Labute approximate surface area is 228 Å². The molecule has 0 saturated carbocycles. The number of hydrogen-bond donors (Lipinski definition) is 1. The van der Waals surface area contributed by atoms with Crippen LogP contribution < -0.4 is 14.2 Å². The maximum atomic E-state index is 13.4. The number of rotatable bonds is 10. The predicted octanol–water partition coefficient (Wildman–Crippen LogP) is 5.69. The van der Waals surface area contributed by atoms with Gasteiger partial charge in [-0.2, -0.15) is 0 Å². The van der Waals surface area contributed by atoms with Crippen molar-refractivity contribution in [2.45, 2.75) is 38.6 Å². The number of ether oxygens (including phenoxy) is 3. The fourth-order valence-electron chi connectivity index (χ4n) is 4.99. The number of fused-ring (bicyclic) bond motifs is 1. The van der Waals surface area contributed by atoms with Gasteiger partial charge in [-0.1, -0.05) is 62.2 Å². The van der Waals surface area contributed by atoms with E-state index in [4.69, 9.17) is 14.2 Å². The zero-order chi connectivity index (χ0) is 27.2. The molecule has 2 heterocycles. The normalized spacial score (nSPS) is 17.9. The lowest BCUT2D eigenvalue weighted by molar-refractivity contribution is -0.139. The standard InChI is InChI=1S/C32H33NO6/c1-2-3-7-18-37-25-13-10-23(11-14-25)29-28(30(34)24-12-15-26-27(21-24)39-20-19-38-26)31(35)32(36)33(29)17-16-22-8-5-4-6-9-22/h4-6,8-15,21,29,34H,2-3,7,16-20H2,1H3/b30-28+/t29-/m0/s1. The summed E-state index contributed by atoms with van der Waals surface area (Å²) in [6.45, 7) is 3.95. The molecule has 2 aliphatic rings. The Hall–Kier alpha value is -4.26. The fraction of sp³-hybridized carbons (Fsp3) is 0.312. The van der Waals surface area contributed by atoms with Gasteiger partial charge < -0.3 is 24.2 Å². The summed E-state index contributed by atoms with van der Waals surface area (Å²) in [4.78, 5) is 28.3. The monoisotopic (exact) mass is 527 g/mol. The maximum Gasteiger partial charge on any atom is 0.295 e. The Kier molecular flexibility index (Phi) is 8.16. The van der Waals surface area contributed by atoms with Crippen molar-refractivity contribution in [2.24, 2.45) is 0 Å². The third-order valence-corrected chi connectivity index (χ3v) is 7.05. The first-order chi connectivity index (χ1) is 19.1. The molecular formula is C32H33NO6. The average Bonchev–Trinajstić information content (AvgIpc) is 3.23. The van der Waals surface area contributed by atoms with Crippen molar-refractivity contribution >= 4 is 17.4 Å². The van der Waals surface area contributed by atoms with E-state index in [2.05, 4.69) is 6.92 Å². The molecule has 0 aromatic heterocycles. The Balaban J connectivity index is 1.49. The third-order valence-electron chi connectivity index (χ3n) is 7.05. The summed E-state index contributed by atoms with van der Waals surface area (Å²) in [5, 5.41) is 11.4. The second kappa shape index (κ2) is 12.1. The number of aliphatic hydroxyl groups excluding tert-OH is 1. The largest absolute Gasteiger partial charge is 0.507 e. The molecule has 1 saturated heterocycles. The number of Topliss-reactive ketones (excluding diaryl/α,β-unsaturated/α-hetero) is 1. The molecule has 3 aromatic rings. The first-order valence-corrected chi connectivity index (χ1v) is 13.5. The number of benzene rings is 3. The molecule has 1 amide bonds. The van der Waals surface area contributed by atoms with Crippen molar-refractivity contribution in [3.63, 3.8) is 0 Å². The minimum Gasteiger partial charge on any atom is -0.507 e. The Morgan fingerprint density at radius 1 is 0.949 bits per heavy atom. The molecule has 1 atom stereocenters. The maximum absolute atomic E-state index is 13.4. The minimum atomic E-state index is -0.740. The molecule has 202 valence electrons. The molecule has 5 rings (SSSR count). The van der Waals surface area contributed by atoms with Gasteiger partial charge in [-0.05, 0) is 54.3 Å². The molecule has 7 heteroatoms. The van der Waals surface area contributed by atoms with Crippen molar-refractivity contribution in [3.05, 3.63) is 95.1 Å². The van der Waals surface area contributed by atoms with Crippen LogP contribution in [-0.2, 0) is 16.0 Å². The molecule has 1 fully saturated rings. The molecule has 0 unspecified atom stereocenters. The summed E-state index contributed by atoms with van der Waals surface area (Å²) in [5.74, 6) is 0.215. The van der Waals surface area contributed by atoms with Gasteiger partial charge in [-0.25, -0.2) is 0 Å². The van der Waals surface area contributed by atoms with Gasteiger partial charge in [0.1, 0.15) is 24.7 Å². The summed E-state index contributed by atoms with van der Waals surface area (Å²) in [6.07, 6.45) is 3.78. The number of ketones is 1. The van der Waals surface area contributed by atoms with Gasteiger partial charge in [0, 0.05) is 12.1 Å². The van der Waals surface area contributed by atoms with Crippen LogP contribution in [0, 0.1) is 0 Å².